The van der Waals surface area contributed by atoms with Crippen LogP contribution in [0.25, 0.3) is 0 Å². The Labute approximate surface area is 153 Å². The normalized spacial score (nSPS) is 16.1. The summed E-state index contributed by atoms with van der Waals surface area (Å²) >= 11 is 0. The van der Waals surface area contributed by atoms with Crippen LogP contribution in [0.4, 0.5) is 0 Å². The Morgan fingerprint density at radius 3 is 2.17 bits per heavy atom. The standard InChI is InChI=1S/C18H30N2O2S.ClH/c1-3-20(4-2)15-14-19-23(21,22)18-12-10-17(11-13-18)16-8-6-5-7-9-16;/h10-13,16,19H,3-9,14-15H2,1-2H3;1H. The summed E-state index contributed by atoms with van der Waals surface area (Å²) in [6.45, 7) is 7.24. The van der Waals surface area contributed by atoms with E-state index in [9.17, 15) is 8.42 Å². The molecule has 1 fully saturated rings. The Hall–Kier alpha value is -0.620. The monoisotopic (exact) mass is 374 g/mol. The highest BCUT2D eigenvalue weighted by atomic mass is 35.5. The van der Waals surface area contributed by atoms with Crippen molar-refractivity contribution in [1.82, 2.24) is 9.62 Å². The molecule has 0 aromatic heterocycles. The second kappa shape index (κ2) is 10.4. The molecule has 0 bridgehead atoms. The van der Waals surface area contributed by atoms with Crippen molar-refractivity contribution >= 4 is 22.4 Å². The molecule has 1 aromatic rings. The van der Waals surface area contributed by atoms with Crippen LogP contribution in [0.1, 0.15) is 57.4 Å². The molecule has 24 heavy (non-hydrogen) atoms. The van der Waals surface area contributed by atoms with Crippen LogP contribution in [0.5, 0.6) is 0 Å². The summed E-state index contributed by atoms with van der Waals surface area (Å²) < 4.78 is 27.4. The molecule has 6 heteroatoms. The molecule has 4 nitrogen and oxygen atoms in total. The fourth-order valence-corrected chi connectivity index (χ4v) is 4.34. The first-order valence-corrected chi connectivity index (χ1v) is 10.4. The molecular weight excluding hydrogens is 344 g/mol. The number of nitrogens with zero attached hydrogens (tertiary/aromatic N) is 1. The van der Waals surface area contributed by atoms with Gasteiger partial charge in [0.25, 0.3) is 0 Å². The number of hydrogen-bond donors (Lipinski definition) is 1. The third-order valence-corrected chi connectivity index (χ3v) is 6.36. The van der Waals surface area contributed by atoms with Crippen molar-refractivity contribution in [2.75, 3.05) is 26.2 Å². The molecule has 2 rings (SSSR count). The van der Waals surface area contributed by atoms with E-state index in [1.165, 1.54) is 37.7 Å². The minimum Gasteiger partial charge on any atom is -0.303 e. The predicted molar refractivity (Wildman–Crippen MR) is 102 cm³/mol. The van der Waals surface area contributed by atoms with Gasteiger partial charge >= 0.3 is 0 Å². The van der Waals surface area contributed by atoms with E-state index < -0.39 is 10.0 Å². The third kappa shape index (κ3) is 6.03. The first-order chi connectivity index (χ1) is 11.1. The molecule has 0 spiro atoms. The van der Waals surface area contributed by atoms with Gasteiger partial charge < -0.3 is 4.90 Å². The minimum atomic E-state index is -3.40. The maximum absolute atomic E-state index is 12.3. The van der Waals surface area contributed by atoms with Crippen LogP contribution in [0.2, 0.25) is 0 Å². The summed E-state index contributed by atoms with van der Waals surface area (Å²) in [4.78, 5) is 2.57. The zero-order chi connectivity index (χ0) is 16.7. The molecule has 1 aliphatic rings. The molecule has 138 valence electrons. The summed E-state index contributed by atoms with van der Waals surface area (Å²) in [6, 6.07) is 7.50. The average molecular weight is 375 g/mol. The zero-order valence-corrected chi connectivity index (χ0v) is 16.5. The van der Waals surface area contributed by atoms with Crippen molar-refractivity contribution in [3.63, 3.8) is 0 Å². The molecule has 0 radical (unpaired) electrons. The zero-order valence-electron chi connectivity index (χ0n) is 14.8. The topological polar surface area (TPSA) is 49.4 Å². The second-order valence-corrected chi connectivity index (χ2v) is 8.10. The first-order valence-electron chi connectivity index (χ1n) is 8.88. The molecule has 1 aromatic carbocycles. The number of halogens is 1. The van der Waals surface area contributed by atoms with Gasteiger partial charge in [0.1, 0.15) is 0 Å². The van der Waals surface area contributed by atoms with Crippen LogP contribution in [-0.2, 0) is 10.0 Å². The van der Waals surface area contributed by atoms with Gasteiger partial charge in [-0.3, -0.25) is 0 Å². The van der Waals surface area contributed by atoms with Crippen LogP contribution in [0.15, 0.2) is 29.2 Å². The lowest BCUT2D eigenvalue weighted by Gasteiger charge is -2.22. The van der Waals surface area contributed by atoms with Crippen LogP contribution in [0, 0.1) is 0 Å². The largest absolute Gasteiger partial charge is 0.303 e. The van der Waals surface area contributed by atoms with Gasteiger partial charge in [0.2, 0.25) is 10.0 Å². The molecule has 0 heterocycles. The van der Waals surface area contributed by atoms with E-state index in [1.807, 2.05) is 12.1 Å². The highest BCUT2D eigenvalue weighted by Crippen LogP contribution is 2.32. The Morgan fingerprint density at radius 1 is 1.04 bits per heavy atom. The second-order valence-electron chi connectivity index (χ2n) is 6.33. The summed E-state index contributed by atoms with van der Waals surface area (Å²) in [5.41, 5.74) is 1.28. The highest BCUT2D eigenvalue weighted by Gasteiger charge is 2.18. The number of nitrogens with one attached hydrogen (secondary N) is 1. The van der Waals surface area contributed by atoms with Crippen LogP contribution < -0.4 is 4.72 Å². The van der Waals surface area contributed by atoms with Gasteiger partial charge in [-0.1, -0.05) is 45.2 Å². The van der Waals surface area contributed by atoms with Gasteiger partial charge in [-0.05, 0) is 49.5 Å². The van der Waals surface area contributed by atoms with Gasteiger partial charge in [-0.15, -0.1) is 12.4 Å². The van der Waals surface area contributed by atoms with E-state index in [2.05, 4.69) is 23.5 Å². The molecule has 0 aliphatic heterocycles. The maximum atomic E-state index is 12.3. The SMILES string of the molecule is CCN(CC)CCNS(=O)(=O)c1ccc(C2CCCCC2)cc1.Cl. The number of rotatable bonds is 8. The molecule has 1 aliphatic carbocycles. The summed E-state index contributed by atoms with van der Waals surface area (Å²) in [5.74, 6) is 0.608. The molecule has 0 atom stereocenters. The van der Waals surface area contributed by atoms with Crippen molar-refractivity contribution in [1.29, 1.82) is 0 Å². The van der Waals surface area contributed by atoms with Crippen LogP contribution >= 0.6 is 12.4 Å². The lowest BCUT2D eigenvalue weighted by molar-refractivity contribution is 0.309. The molecular formula is C18H31ClN2O2S. The summed E-state index contributed by atoms with van der Waals surface area (Å²) in [6.07, 6.45) is 6.37. The van der Waals surface area contributed by atoms with E-state index in [-0.39, 0.29) is 12.4 Å². The molecule has 1 N–H and O–H groups in total. The van der Waals surface area contributed by atoms with Gasteiger partial charge in [0.15, 0.2) is 0 Å². The molecule has 1 saturated carbocycles. The van der Waals surface area contributed by atoms with E-state index in [0.717, 1.165) is 19.6 Å². The van der Waals surface area contributed by atoms with Crippen molar-refractivity contribution in [2.24, 2.45) is 0 Å². The van der Waals surface area contributed by atoms with Gasteiger partial charge in [-0.2, -0.15) is 0 Å². The van der Waals surface area contributed by atoms with Gasteiger partial charge in [0.05, 0.1) is 4.90 Å². The van der Waals surface area contributed by atoms with E-state index >= 15 is 0 Å². The fourth-order valence-electron chi connectivity index (χ4n) is 3.32. The summed E-state index contributed by atoms with van der Waals surface area (Å²) in [5, 5.41) is 0. The van der Waals surface area contributed by atoms with E-state index in [1.54, 1.807) is 12.1 Å². The summed E-state index contributed by atoms with van der Waals surface area (Å²) in [7, 11) is -3.40. The smallest absolute Gasteiger partial charge is 0.240 e. The van der Waals surface area contributed by atoms with Crippen molar-refractivity contribution < 1.29 is 8.42 Å². The number of likely N-dealkylation sites (N-methyl/N-ethyl adjacent to an activating group) is 1. The van der Waals surface area contributed by atoms with Gasteiger partial charge in [0, 0.05) is 13.1 Å². The van der Waals surface area contributed by atoms with Crippen LogP contribution in [-0.4, -0.2) is 39.5 Å². The Balaban J connectivity index is 0.00000288. The Morgan fingerprint density at radius 2 is 1.62 bits per heavy atom. The first kappa shape index (κ1) is 21.4. The molecule has 0 amide bonds. The fraction of sp³-hybridized carbons (Fsp3) is 0.667. The van der Waals surface area contributed by atoms with Crippen molar-refractivity contribution in [3.05, 3.63) is 29.8 Å². The minimum absolute atomic E-state index is 0. The highest BCUT2D eigenvalue weighted by molar-refractivity contribution is 7.89. The van der Waals surface area contributed by atoms with Crippen LogP contribution in [0.3, 0.4) is 0 Å². The third-order valence-electron chi connectivity index (χ3n) is 4.88. The Kier molecular flexibility index (Phi) is 9.27. The lowest BCUT2D eigenvalue weighted by Crippen LogP contribution is -2.34. The molecule has 0 saturated heterocycles. The van der Waals surface area contributed by atoms with Crippen molar-refractivity contribution in [3.8, 4) is 0 Å². The number of sulfonamides is 1. The number of hydrogen-bond acceptors (Lipinski definition) is 3. The van der Waals surface area contributed by atoms with E-state index in [0.29, 0.717) is 17.4 Å². The maximum Gasteiger partial charge on any atom is 0.240 e. The van der Waals surface area contributed by atoms with E-state index in [4.69, 9.17) is 0 Å². The molecule has 0 unspecified atom stereocenters. The van der Waals surface area contributed by atoms with Gasteiger partial charge in [-0.25, -0.2) is 13.1 Å². The van der Waals surface area contributed by atoms with Crippen molar-refractivity contribution in [2.45, 2.75) is 56.8 Å². The quantitative estimate of drug-likeness (QED) is 0.753. The predicted octanol–water partition coefficient (Wildman–Crippen LogP) is 3.78. The Bertz CT molecular complexity index is 565. The average Bonchev–Trinajstić information content (AvgIpc) is 2.59. The number of benzene rings is 1. The lowest BCUT2D eigenvalue weighted by atomic mass is 9.84.